The number of pyridine rings is 2. The first-order chi connectivity index (χ1) is 15.6. The molecule has 0 saturated carbocycles. The van der Waals surface area contributed by atoms with Gasteiger partial charge in [-0.15, -0.1) is 0 Å². The minimum absolute atomic E-state index is 0.00990. The molecule has 0 radical (unpaired) electrons. The second-order valence-corrected chi connectivity index (χ2v) is 8.45. The summed E-state index contributed by atoms with van der Waals surface area (Å²) in [5.41, 5.74) is 5.45. The molecule has 5 rings (SSSR count). The first-order valence-electron chi connectivity index (χ1n) is 11.0. The lowest BCUT2D eigenvalue weighted by molar-refractivity contribution is 0.0711. The number of imidazole rings is 1. The van der Waals surface area contributed by atoms with E-state index in [2.05, 4.69) is 44.6 Å². The maximum Gasteiger partial charge on any atom is 0.255 e. The van der Waals surface area contributed by atoms with Crippen molar-refractivity contribution in [3.05, 3.63) is 66.6 Å². The van der Waals surface area contributed by atoms with Crippen LogP contribution in [0.3, 0.4) is 0 Å². The number of carbonyl (C=O) groups is 1. The monoisotopic (exact) mass is 427 g/mol. The van der Waals surface area contributed by atoms with Crippen LogP contribution in [-0.2, 0) is 0 Å². The fraction of sp³-hybridized carbons (Fsp3) is 0.333. The normalized spacial score (nSPS) is 14.9. The Hall–Kier alpha value is -3.68. The van der Waals surface area contributed by atoms with Crippen molar-refractivity contribution in [2.75, 3.05) is 13.1 Å². The lowest BCUT2D eigenvalue weighted by Gasteiger charge is -2.32. The molecule has 1 fully saturated rings. The summed E-state index contributed by atoms with van der Waals surface area (Å²) in [6, 6.07) is 8.14. The zero-order chi connectivity index (χ0) is 22.1. The molecule has 0 atom stereocenters. The molecule has 32 heavy (non-hydrogen) atoms. The third kappa shape index (κ3) is 3.72. The van der Waals surface area contributed by atoms with E-state index in [1.807, 2.05) is 29.6 Å². The van der Waals surface area contributed by atoms with Crippen LogP contribution in [0, 0.1) is 0 Å². The van der Waals surface area contributed by atoms with Crippen molar-refractivity contribution in [3.63, 3.8) is 0 Å². The summed E-state index contributed by atoms with van der Waals surface area (Å²) in [5, 5.41) is 7.58. The molecular weight excluding hydrogens is 402 g/mol. The zero-order valence-electron chi connectivity index (χ0n) is 18.2. The number of piperidine rings is 1. The van der Waals surface area contributed by atoms with Crippen LogP contribution >= 0.6 is 0 Å². The fourth-order valence-electron chi connectivity index (χ4n) is 4.35. The standard InChI is InChI=1S/C24H25N7O/c1-16(2)31-15-26-23-21(31)12-20(29-22(23)18-4-3-8-25-13-18)17-6-10-30(11-7-17)24(32)19-5-9-27-28-14-19/h3-5,8-9,12-17H,6-7,10-11H2,1-2H3. The molecule has 8 nitrogen and oxygen atoms in total. The summed E-state index contributed by atoms with van der Waals surface area (Å²) >= 11 is 0. The second-order valence-electron chi connectivity index (χ2n) is 8.45. The van der Waals surface area contributed by atoms with Crippen LogP contribution in [0.2, 0.25) is 0 Å². The summed E-state index contributed by atoms with van der Waals surface area (Å²) in [4.78, 5) is 28.7. The molecule has 4 aromatic heterocycles. The van der Waals surface area contributed by atoms with Gasteiger partial charge in [-0.05, 0) is 51.0 Å². The molecule has 1 saturated heterocycles. The van der Waals surface area contributed by atoms with Crippen LogP contribution in [0.5, 0.6) is 0 Å². The van der Waals surface area contributed by atoms with Crippen LogP contribution in [0.25, 0.3) is 22.3 Å². The van der Waals surface area contributed by atoms with E-state index in [9.17, 15) is 4.79 Å². The van der Waals surface area contributed by atoms with E-state index in [1.54, 1.807) is 18.5 Å². The Morgan fingerprint density at radius 1 is 1.09 bits per heavy atom. The summed E-state index contributed by atoms with van der Waals surface area (Å²) in [7, 11) is 0. The largest absolute Gasteiger partial charge is 0.339 e. The number of likely N-dealkylation sites (tertiary alicyclic amines) is 1. The van der Waals surface area contributed by atoms with Crippen molar-refractivity contribution < 1.29 is 4.79 Å². The van der Waals surface area contributed by atoms with Crippen molar-refractivity contribution in [3.8, 4) is 11.3 Å². The summed E-state index contributed by atoms with van der Waals surface area (Å²) in [6.07, 6.45) is 10.3. The number of carbonyl (C=O) groups excluding carboxylic acids is 1. The molecular formula is C24H25N7O. The minimum atomic E-state index is 0.00990. The van der Waals surface area contributed by atoms with Gasteiger partial charge in [-0.3, -0.25) is 14.8 Å². The summed E-state index contributed by atoms with van der Waals surface area (Å²) in [5.74, 6) is 0.292. The van der Waals surface area contributed by atoms with Gasteiger partial charge in [0, 0.05) is 48.7 Å². The average molecular weight is 428 g/mol. The molecule has 1 aliphatic heterocycles. The van der Waals surface area contributed by atoms with Gasteiger partial charge < -0.3 is 9.47 Å². The molecule has 0 aromatic carbocycles. The van der Waals surface area contributed by atoms with Gasteiger partial charge in [0.25, 0.3) is 5.91 Å². The van der Waals surface area contributed by atoms with Crippen LogP contribution < -0.4 is 0 Å². The van der Waals surface area contributed by atoms with Gasteiger partial charge in [0.1, 0.15) is 5.52 Å². The van der Waals surface area contributed by atoms with Gasteiger partial charge in [0.15, 0.2) is 0 Å². The highest BCUT2D eigenvalue weighted by atomic mass is 16.2. The molecule has 8 heteroatoms. The predicted octanol–water partition coefficient (Wildman–Crippen LogP) is 3.88. The van der Waals surface area contributed by atoms with Gasteiger partial charge in [-0.2, -0.15) is 10.2 Å². The molecule has 1 amide bonds. The van der Waals surface area contributed by atoms with E-state index in [4.69, 9.17) is 4.98 Å². The van der Waals surface area contributed by atoms with Gasteiger partial charge in [0.2, 0.25) is 0 Å². The lowest BCUT2D eigenvalue weighted by Crippen LogP contribution is -2.38. The third-order valence-corrected chi connectivity index (χ3v) is 6.10. The van der Waals surface area contributed by atoms with Gasteiger partial charge in [-0.1, -0.05) is 0 Å². The number of nitrogens with zero attached hydrogens (tertiary/aromatic N) is 7. The molecule has 0 unspecified atom stereocenters. The minimum Gasteiger partial charge on any atom is -0.339 e. The zero-order valence-corrected chi connectivity index (χ0v) is 18.2. The molecule has 0 aliphatic carbocycles. The molecule has 0 N–H and O–H groups in total. The van der Waals surface area contributed by atoms with Crippen molar-refractivity contribution >= 4 is 16.9 Å². The maximum absolute atomic E-state index is 12.8. The first kappa shape index (κ1) is 20.2. The number of rotatable bonds is 4. The van der Waals surface area contributed by atoms with Gasteiger partial charge in [0.05, 0.1) is 35.5 Å². The van der Waals surface area contributed by atoms with E-state index in [0.29, 0.717) is 24.7 Å². The Bertz CT molecular complexity index is 1230. The molecule has 0 bridgehead atoms. The topological polar surface area (TPSA) is 89.7 Å². The van der Waals surface area contributed by atoms with Crippen LogP contribution in [0.4, 0.5) is 0 Å². The van der Waals surface area contributed by atoms with E-state index < -0.39 is 0 Å². The molecule has 162 valence electrons. The van der Waals surface area contributed by atoms with Crippen molar-refractivity contribution in [2.24, 2.45) is 0 Å². The number of fused-ring (bicyclic) bond motifs is 1. The van der Waals surface area contributed by atoms with Crippen LogP contribution in [0.1, 0.15) is 54.7 Å². The van der Waals surface area contributed by atoms with Crippen molar-refractivity contribution in [2.45, 2.75) is 38.6 Å². The first-order valence-corrected chi connectivity index (χ1v) is 11.0. The fourth-order valence-corrected chi connectivity index (χ4v) is 4.35. The highest BCUT2D eigenvalue weighted by Gasteiger charge is 2.27. The van der Waals surface area contributed by atoms with Crippen molar-refractivity contribution in [1.29, 1.82) is 0 Å². The Balaban J connectivity index is 1.46. The Morgan fingerprint density at radius 2 is 1.94 bits per heavy atom. The Morgan fingerprint density at radius 3 is 2.62 bits per heavy atom. The van der Waals surface area contributed by atoms with E-state index in [1.165, 1.54) is 6.20 Å². The number of hydrogen-bond donors (Lipinski definition) is 0. The van der Waals surface area contributed by atoms with Crippen LogP contribution in [-0.4, -0.2) is 53.6 Å². The molecule has 0 spiro atoms. The van der Waals surface area contributed by atoms with Gasteiger partial charge in [-0.25, -0.2) is 4.98 Å². The summed E-state index contributed by atoms with van der Waals surface area (Å²) < 4.78 is 2.19. The summed E-state index contributed by atoms with van der Waals surface area (Å²) in [6.45, 7) is 5.69. The molecule has 4 aromatic rings. The third-order valence-electron chi connectivity index (χ3n) is 6.10. The maximum atomic E-state index is 12.8. The average Bonchev–Trinajstić information content (AvgIpc) is 3.29. The lowest BCUT2D eigenvalue weighted by atomic mass is 9.92. The Labute approximate surface area is 186 Å². The van der Waals surface area contributed by atoms with E-state index in [0.717, 1.165) is 40.8 Å². The van der Waals surface area contributed by atoms with Gasteiger partial charge >= 0.3 is 0 Å². The highest BCUT2D eigenvalue weighted by Crippen LogP contribution is 2.34. The van der Waals surface area contributed by atoms with E-state index in [-0.39, 0.29) is 11.8 Å². The highest BCUT2D eigenvalue weighted by molar-refractivity contribution is 5.94. The smallest absolute Gasteiger partial charge is 0.255 e. The number of hydrogen-bond acceptors (Lipinski definition) is 6. The number of amides is 1. The molecule has 5 heterocycles. The molecule has 1 aliphatic rings. The van der Waals surface area contributed by atoms with E-state index >= 15 is 0 Å². The van der Waals surface area contributed by atoms with Crippen molar-refractivity contribution in [1.82, 2.24) is 34.6 Å². The quantitative estimate of drug-likeness (QED) is 0.491. The number of aromatic nitrogens is 6. The Kier molecular flexibility index (Phi) is 5.34. The van der Waals surface area contributed by atoms with Crippen LogP contribution in [0.15, 0.2) is 55.4 Å². The predicted molar refractivity (Wildman–Crippen MR) is 121 cm³/mol. The second kappa shape index (κ2) is 8.45. The SMILES string of the molecule is CC(C)n1cnc2c(-c3cccnc3)nc(C3CCN(C(=O)c4ccnnc4)CC3)cc21.